The fourth-order valence-corrected chi connectivity index (χ4v) is 3.30. The Bertz CT molecular complexity index is 327. The van der Waals surface area contributed by atoms with E-state index in [0.717, 1.165) is 10.6 Å². The summed E-state index contributed by atoms with van der Waals surface area (Å²) >= 11 is 0. The lowest BCUT2D eigenvalue weighted by molar-refractivity contribution is 1.10. The molecule has 0 aromatic carbocycles. The molecule has 0 saturated heterocycles. The summed E-state index contributed by atoms with van der Waals surface area (Å²) in [5, 5.41) is 16.4. The average molecular weight is 192 g/mol. The van der Waals surface area contributed by atoms with Crippen LogP contribution < -0.4 is 10.6 Å². The molecule has 0 radical (unpaired) electrons. The molecule has 4 nitrogen and oxygen atoms in total. The molecule has 2 aromatic heterocycles. The van der Waals surface area contributed by atoms with Gasteiger partial charge >= 0.3 is 0 Å². The summed E-state index contributed by atoms with van der Waals surface area (Å²) in [7, 11) is -1.64. The van der Waals surface area contributed by atoms with Crippen LogP contribution in [0.3, 0.4) is 0 Å². The summed E-state index contributed by atoms with van der Waals surface area (Å²) in [4.78, 5) is 0. The first-order chi connectivity index (χ1) is 6.21. The highest BCUT2D eigenvalue weighted by Gasteiger charge is 2.30. The number of hydrogen-bond donors (Lipinski definition) is 2. The van der Waals surface area contributed by atoms with Gasteiger partial charge in [0.15, 0.2) is 8.07 Å². The van der Waals surface area contributed by atoms with Crippen LogP contribution in [0.2, 0.25) is 13.1 Å². The lowest BCUT2D eigenvalue weighted by Gasteiger charge is -2.15. The lowest BCUT2D eigenvalue weighted by Crippen LogP contribution is -2.54. The number of aromatic nitrogens is 4. The maximum absolute atomic E-state index is 4.23. The van der Waals surface area contributed by atoms with Crippen LogP contribution in [-0.4, -0.2) is 28.5 Å². The molecule has 0 unspecified atom stereocenters. The number of nitrogens with zero attached hydrogens (tertiary/aromatic N) is 2. The molecule has 2 heterocycles. The summed E-state index contributed by atoms with van der Waals surface area (Å²) in [6, 6.07) is 4.06. The van der Waals surface area contributed by atoms with E-state index in [1.54, 1.807) is 0 Å². The predicted molar refractivity (Wildman–Crippen MR) is 53.9 cm³/mol. The average Bonchev–Trinajstić information content (AvgIpc) is 2.78. The monoisotopic (exact) mass is 192 g/mol. The third-order valence-corrected chi connectivity index (χ3v) is 5.40. The Morgan fingerprint density at radius 3 is 1.77 bits per heavy atom. The van der Waals surface area contributed by atoms with Gasteiger partial charge in [0.1, 0.15) is 0 Å². The highest BCUT2D eigenvalue weighted by atomic mass is 28.3. The van der Waals surface area contributed by atoms with Crippen LogP contribution in [0.4, 0.5) is 0 Å². The number of nitrogens with one attached hydrogen (secondary N) is 2. The zero-order chi connectivity index (χ0) is 9.31. The lowest BCUT2D eigenvalue weighted by atomic mass is 10.7. The molecule has 0 aliphatic heterocycles. The van der Waals surface area contributed by atoms with E-state index in [0.29, 0.717) is 0 Å². The third kappa shape index (κ3) is 1.31. The molecule has 0 bridgehead atoms. The summed E-state index contributed by atoms with van der Waals surface area (Å²) in [6.45, 7) is 4.47. The number of rotatable bonds is 2. The zero-order valence-electron chi connectivity index (χ0n) is 7.70. The highest BCUT2D eigenvalue weighted by Crippen LogP contribution is 1.99. The first-order valence-electron chi connectivity index (χ1n) is 4.22. The Kier molecular flexibility index (Phi) is 1.80. The van der Waals surface area contributed by atoms with Crippen LogP contribution >= 0.6 is 0 Å². The first-order valence-corrected chi connectivity index (χ1v) is 7.22. The highest BCUT2D eigenvalue weighted by molar-refractivity contribution is 6.99. The van der Waals surface area contributed by atoms with E-state index in [4.69, 9.17) is 0 Å². The predicted octanol–water partition coefficient (Wildman–Crippen LogP) is -0.0446. The van der Waals surface area contributed by atoms with Gasteiger partial charge in [-0.15, -0.1) is 0 Å². The Morgan fingerprint density at radius 2 is 1.46 bits per heavy atom. The van der Waals surface area contributed by atoms with Crippen LogP contribution in [-0.2, 0) is 0 Å². The second-order valence-electron chi connectivity index (χ2n) is 3.54. The topological polar surface area (TPSA) is 57.4 Å². The largest absolute Gasteiger partial charge is 0.286 e. The van der Waals surface area contributed by atoms with E-state index in [2.05, 4.69) is 33.5 Å². The summed E-state index contributed by atoms with van der Waals surface area (Å²) < 4.78 is 0. The van der Waals surface area contributed by atoms with Crippen molar-refractivity contribution >= 4 is 18.7 Å². The van der Waals surface area contributed by atoms with Gasteiger partial charge in [0.05, 0.1) is 10.6 Å². The minimum Gasteiger partial charge on any atom is -0.286 e. The third-order valence-electron chi connectivity index (χ3n) is 2.28. The van der Waals surface area contributed by atoms with Crippen LogP contribution in [0.1, 0.15) is 0 Å². The summed E-state index contributed by atoms with van der Waals surface area (Å²) in [5.74, 6) is 0. The van der Waals surface area contributed by atoms with Gasteiger partial charge in [0, 0.05) is 12.4 Å². The minimum absolute atomic E-state index is 1.14. The first kappa shape index (κ1) is 8.24. The zero-order valence-corrected chi connectivity index (χ0v) is 8.70. The van der Waals surface area contributed by atoms with E-state index in [9.17, 15) is 0 Å². The molecule has 2 N–H and O–H groups in total. The number of hydrogen-bond acceptors (Lipinski definition) is 2. The van der Waals surface area contributed by atoms with Crippen LogP contribution in [0.5, 0.6) is 0 Å². The fourth-order valence-electron chi connectivity index (χ4n) is 1.35. The number of aromatic amines is 2. The molecule has 0 aliphatic carbocycles. The SMILES string of the molecule is C[Si](C)(c1cc[nH]n1)c1cc[nH]n1. The van der Waals surface area contributed by atoms with E-state index in [1.165, 1.54) is 0 Å². The van der Waals surface area contributed by atoms with Crippen molar-refractivity contribution in [3.05, 3.63) is 24.5 Å². The van der Waals surface area contributed by atoms with E-state index in [1.807, 2.05) is 24.5 Å². The van der Waals surface area contributed by atoms with Crippen LogP contribution in [0.15, 0.2) is 24.5 Å². The van der Waals surface area contributed by atoms with Crippen molar-refractivity contribution in [3.63, 3.8) is 0 Å². The Labute approximate surface area is 77.4 Å². The van der Waals surface area contributed by atoms with Crippen molar-refractivity contribution in [2.45, 2.75) is 13.1 Å². The Hall–Kier alpha value is -1.36. The molecule has 0 amide bonds. The normalized spacial score (nSPS) is 11.8. The van der Waals surface area contributed by atoms with Crippen LogP contribution in [0.25, 0.3) is 0 Å². The van der Waals surface area contributed by atoms with Gasteiger partial charge in [-0.05, 0) is 12.1 Å². The molecule has 0 fully saturated rings. The van der Waals surface area contributed by atoms with Gasteiger partial charge in [0.25, 0.3) is 0 Å². The van der Waals surface area contributed by atoms with E-state index in [-0.39, 0.29) is 0 Å². The molecule has 5 heteroatoms. The van der Waals surface area contributed by atoms with Crippen molar-refractivity contribution in [1.82, 2.24) is 20.4 Å². The van der Waals surface area contributed by atoms with Crippen molar-refractivity contribution in [1.29, 1.82) is 0 Å². The fraction of sp³-hybridized carbons (Fsp3) is 0.250. The second kappa shape index (κ2) is 2.84. The van der Waals surface area contributed by atoms with Gasteiger partial charge in [-0.25, -0.2) is 0 Å². The molecular formula is C8H12N4Si. The van der Waals surface area contributed by atoms with Gasteiger partial charge in [0.2, 0.25) is 0 Å². The smallest absolute Gasteiger partial charge is 0.163 e. The standard InChI is InChI=1S/C8H12N4Si/c1-13(2,7-3-5-9-11-7)8-4-6-10-12-8/h3-6H,1-2H3,(H,9,11)(H,10,12). The summed E-state index contributed by atoms with van der Waals surface area (Å²) in [6.07, 6.45) is 3.72. The molecule has 2 rings (SSSR count). The molecule has 0 spiro atoms. The van der Waals surface area contributed by atoms with Crippen molar-refractivity contribution in [3.8, 4) is 0 Å². The van der Waals surface area contributed by atoms with Crippen molar-refractivity contribution in [2.24, 2.45) is 0 Å². The number of H-pyrrole nitrogens is 2. The molecule has 68 valence electrons. The minimum atomic E-state index is -1.64. The molecule has 0 saturated carbocycles. The Morgan fingerprint density at radius 1 is 1.00 bits per heavy atom. The van der Waals surface area contributed by atoms with Gasteiger partial charge < -0.3 is 0 Å². The van der Waals surface area contributed by atoms with Crippen molar-refractivity contribution < 1.29 is 0 Å². The van der Waals surface area contributed by atoms with Gasteiger partial charge in [-0.3, -0.25) is 10.2 Å². The molecule has 0 atom stereocenters. The Balaban J connectivity index is 2.42. The van der Waals surface area contributed by atoms with Gasteiger partial charge in [-0.2, -0.15) is 10.2 Å². The van der Waals surface area contributed by atoms with Crippen LogP contribution in [0, 0.1) is 0 Å². The van der Waals surface area contributed by atoms with Gasteiger partial charge in [-0.1, -0.05) is 13.1 Å². The summed E-state index contributed by atoms with van der Waals surface area (Å²) in [5.41, 5.74) is 0. The van der Waals surface area contributed by atoms with E-state index < -0.39 is 8.07 Å². The quantitative estimate of drug-likeness (QED) is 0.656. The van der Waals surface area contributed by atoms with E-state index >= 15 is 0 Å². The molecule has 2 aromatic rings. The van der Waals surface area contributed by atoms with Crippen molar-refractivity contribution in [2.75, 3.05) is 0 Å². The molecule has 13 heavy (non-hydrogen) atoms. The second-order valence-corrected chi connectivity index (χ2v) is 7.82. The molecular weight excluding hydrogens is 180 g/mol. The molecule has 0 aliphatic rings. The maximum atomic E-state index is 4.23. The maximum Gasteiger partial charge on any atom is 0.163 e.